The van der Waals surface area contributed by atoms with E-state index < -0.39 is 0 Å². The van der Waals surface area contributed by atoms with Crippen molar-refractivity contribution < 1.29 is 9.47 Å². The minimum absolute atomic E-state index is 0.477. The zero-order chi connectivity index (χ0) is 16.9. The molecule has 7 heteroatoms. The number of aromatic nitrogens is 1. The van der Waals surface area contributed by atoms with Crippen LogP contribution >= 0.6 is 22.9 Å². The number of hydrogen-bond donors (Lipinski definition) is 1. The lowest BCUT2D eigenvalue weighted by Crippen LogP contribution is -1.98. The minimum Gasteiger partial charge on any atom is -0.491 e. The second-order valence-corrected chi connectivity index (χ2v) is 6.26. The van der Waals surface area contributed by atoms with Crippen LogP contribution in [0.15, 0.2) is 41.5 Å². The first kappa shape index (κ1) is 16.5. The molecule has 3 aromatic rings. The van der Waals surface area contributed by atoms with Crippen LogP contribution in [0, 0.1) is 0 Å². The van der Waals surface area contributed by atoms with Crippen LogP contribution in [0.4, 0.5) is 5.13 Å². The van der Waals surface area contributed by atoms with E-state index in [1.807, 2.05) is 37.3 Å². The Balaban J connectivity index is 1.78. The molecule has 0 saturated heterocycles. The van der Waals surface area contributed by atoms with E-state index in [4.69, 9.17) is 21.1 Å². The maximum absolute atomic E-state index is 6.22. The molecule has 0 unspecified atom stereocenters. The van der Waals surface area contributed by atoms with Crippen LogP contribution in [0.3, 0.4) is 0 Å². The summed E-state index contributed by atoms with van der Waals surface area (Å²) in [6.45, 7) is 2.43. The van der Waals surface area contributed by atoms with E-state index in [1.165, 1.54) is 0 Å². The number of ether oxygens (including phenoxy) is 2. The zero-order valence-electron chi connectivity index (χ0n) is 13.2. The Labute approximate surface area is 148 Å². The predicted octanol–water partition coefficient (Wildman–Crippen LogP) is 4.80. The minimum atomic E-state index is 0.477. The number of benzene rings is 2. The van der Waals surface area contributed by atoms with E-state index in [9.17, 15) is 0 Å². The van der Waals surface area contributed by atoms with Gasteiger partial charge in [-0.3, -0.25) is 5.43 Å². The van der Waals surface area contributed by atoms with Crippen molar-refractivity contribution in [3.05, 3.63) is 47.0 Å². The smallest absolute Gasteiger partial charge is 0.204 e. The van der Waals surface area contributed by atoms with Crippen molar-refractivity contribution in [1.29, 1.82) is 0 Å². The van der Waals surface area contributed by atoms with Gasteiger partial charge >= 0.3 is 0 Å². The highest BCUT2D eigenvalue weighted by Gasteiger charge is 2.10. The number of hydrogen-bond acceptors (Lipinski definition) is 6. The molecule has 0 spiro atoms. The van der Waals surface area contributed by atoms with Crippen molar-refractivity contribution in [1.82, 2.24) is 4.98 Å². The van der Waals surface area contributed by atoms with Crippen LogP contribution in [-0.4, -0.2) is 24.9 Å². The van der Waals surface area contributed by atoms with Gasteiger partial charge in [-0.2, -0.15) is 5.10 Å². The molecule has 1 aromatic heterocycles. The molecule has 0 saturated carbocycles. The summed E-state index contributed by atoms with van der Waals surface area (Å²) in [4.78, 5) is 4.46. The third-order valence-electron chi connectivity index (χ3n) is 3.20. The first-order valence-corrected chi connectivity index (χ1v) is 8.55. The fraction of sp³-hybridized carbons (Fsp3) is 0.176. The number of halogens is 1. The molecule has 2 aromatic carbocycles. The molecule has 124 valence electrons. The van der Waals surface area contributed by atoms with E-state index in [1.54, 1.807) is 30.7 Å². The summed E-state index contributed by atoms with van der Waals surface area (Å²) in [7, 11) is 1.56. The molecule has 24 heavy (non-hydrogen) atoms. The van der Waals surface area contributed by atoms with Crippen LogP contribution in [-0.2, 0) is 0 Å². The quantitative estimate of drug-likeness (QED) is 0.506. The van der Waals surface area contributed by atoms with Gasteiger partial charge in [-0.15, -0.1) is 0 Å². The summed E-state index contributed by atoms with van der Waals surface area (Å²) in [5.74, 6) is 1.11. The first-order chi connectivity index (χ1) is 11.7. The lowest BCUT2D eigenvalue weighted by molar-refractivity contribution is 0.311. The Hall–Kier alpha value is -2.31. The average Bonchev–Trinajstić information content (AvgIpc) is 2.98. The van der Waals surface area contributed by atoms with E-state index in [0.717, 1.165) is 20.9 Å². The number of nitrogens with one attached hydrogen (secondary N) is 1. The second kappa shape index (κ2) is 7.51. The predicted molar refractivity (Wildman–Crippen MR) is 100 cm³/mol. The van der Waals surface area contributed by atoms with Crippen molar-refractivity contribution in [3.8, 4) is 11.5 Å². The molecule has 0 radical (unpaired) electrons. The normalized spacial score (nSPS) is 11.1. The van der Waals surface area contributed by atoms with Crippen LogP contribution < -0.4 is 14.9 Å². The number of para-hydroxylation sites is 1. The third kappa shape index (κ3) is 3.60. The Bertz CT molecular complexity index is 846. The standard InChI is InChI=1S/C17H16ClN3O2S/c1-3-23-14-9-11(8-12(18)16(14)22-2)10-19-21-17-20-13-6-4-5-7-15(13)24-17/h4-10H,3H2,1-2H3,(H,20,21)/b19-10-. The molecule has 0 aliphatic carbocycles. The molecule has 0 fully saturated rings. The van der Waals surface area contributed by atoms with Crippen LogP contribution in [0.2, 0.25) is 5.02 Å². The van der Waals surface area contributed by atoms with Crippen molar-refractivity contribution in [3.63, 3.8) is 0 Å². The van der Waals surface area contributed by atoms with Gasteiger partial charge in [0.05, 0.1) is 35.2 Å². The van der Waals surface area contributed by atoms with Gasteiger partial charge in [-0.25, -0.2) is 4.98 Å². The molecule has 0 amide bonds. The van der Waals surface area contributed by atoms with E-state index >= 15 is 0 Å². The highest BCUT2D eigenvalue weighted by Crippen LogP contribution is 2.36. The van der Waals surface area contributed by atoms with E-state index in [2.05, 4.69) is 15.5 Å². The molecular weight excluding hydrogens is 346 g/mol. The highest BCUT2D eigenvalue weighted by molar-refractivity contribution is 7.22. The number of nitrogens with zero attached hydrogens (tertiary/aromatic N) is 2. The molecular formula is C17H16ClN3O2S. The summed E-state index contributed by atoms with van der Waals surface area (Å²) in [6, 6.07) is 11.5. The van der Waals surface area contributed by atoms with Gasteiger partial charge in [-0.05, 0) is 36.8 Å². The zero-order valence-corrected chi connectivity index (χ0v) is 14.8. The summed E-state index contributed by atoms with van der Waals surface area (Å²) < 4.78 is 11.9. The molecule has 0 bridgehead atoms. The Morgan fingerprint density at radius 1 is 1.33 bits per heavy atom. The maximum atomic E-state index is 6.22. The second-order valence-electron chi connectivity index (χ2n) is 4.82. The third-order valence-corrected chi connectivity index (χ3v) is 4.43. The Kier molecular flexibility index (Phi) is 5.17. The van der Waals surface area contributed by atoms with Crippen LogP contribution in [0.1, 0.15) is 12.5 Å². The van der Waals surface area contributed by atoms with Gasteiger partial charge in [0.2, 0.25) is 5.13 Å². The fourth-order valence-corrected chi connectivity index (χ4v) is 3.32. The Morgan fingerprint density at radius 3 is 2.92 bits per heavy atom. The van der Waals surface area contributed by atoms with Crippen LogP contribution in [0.25, 0.3) is 10.2 Å². The van der Waals surface area contributed by atoms with Crippen molar-refractivity contribution in [2.24, 2.45) is 5.10 Å². The van der Waals surface area contributed by atoms with Gasteiger partial charge in [0.15, 0.2) is 11.5 Å². The molecule has 1 heterocycles. The number of rotatable bonds is 6. The number of fused-ring (bicyclic) bond motifs is 1. The van der Waals surface area contributed by atoms with Crippen molar-refractivity contribution >= 4 is 44.5 Å². The number of anilines is 1. The van der Waals surface area contributed by atoms with Gasteiger partial charge in [0, 0.05) is 0 Å². The summed E-state index contributed by atoms with van der Waals surface area (Å²) in [6.07, 6.45) is 1.67. The number of hydrazone groups is 1. The van der Waals surface area contributed by atoms with Gasteiger partial charge in [0.25, 0.3) is 0 Å². The maximum Gasteiger partial charge on any atom is 0.204 e. The van der Waals surface area contributed by atoms with E-state index in [0.29, 0.717) is 23.1 Å². The summed E-state index contributed by atoms with van der Waals surface area (Å²) in [5, 5.41) is 5.43. The highest BCUT2D eigenvalue weighted by atomic mass is 35.5. The molecule has 5 nitrogen and oxygen atoms in total. The molecule has 0 atom stereocenters. The molecule has 0 aliphatic heterocycles. The fourth-order valence-electron chi connectivity index (χ4n) is 2.21. The average molecular weight is 362 g/mol. The lowest BCUT2D eigenvalue weighted by atomic mass is 10.2. The summed E-state index contributed by atoms with van der Waals surface area (Å²) in [5.41, 5.74) is 4.70. The number of thiazole rings is 1. The van der Waals surface area contributed by atoms with Crippen molar-refractivity contribution in [2.75, 3.05) is 19.1 Å². The monoisotopic (exact) mass is 361 g/mol. The van der Waals surface area contributed by atoms with Gasteiger partial charge < -0.3 is 9.47 Å². The van der Waals surface area contributed by atoms with E-state index in [-0.39, 0.29) is 0 Å². The summed E-state index contributed by atoms with van der Waals surface area (Å²) >= 11 is 7.77. The topological polar surface area (TPSA) is 55.7 Å². The number of methoxy groups -OCH3 is 1. The van der Waals surface area contributed by atoms with Crippen molar-refractivity contribution in [2.45, 2.75) is 6.92 Å². The van der Waals surface area contributed by atoms with Gasteiger partial charge in [0.1, 0.15) is 0 Å². The largest absolute Gasteiger partial charge is 0.491 e. The Morgan fingerprint density at radius 2 is 2.17 bits per heavy atom. The molecule has 0 aliphatic rings. The lowest BCUT2D eigenvalue weighted by Gasteiger charge is -2.11. The van der Waals surface area contributed by atoms with Crippen LogP contribution in [0.5, 0.6) is 11.5 Å². The molecule has 3 rings (SSSR count). The first-order valence-electron chi connectivity index (χ1n) is 7.36. The van der Waals surface area contributed by atoms with Gasteiger partial charge in [-0.1, -0.05) is 35.1 Å². The SMILES string of the molecule is CCOc1cc(/C=N\Nc2nc3ccccc3s2)cc(Cl)c1OC. The molecule has 1 N–H and O–H groups in total.